The van der Waals surface area contributed by atoms with Gasteiger partial charge < -0.3 is 20.3 Å². The van der Waals surface area contributed by atoms with E-state index in [0.717, 1.165) is 24.5 Å². The number of pyridine rings is 1. The van der Waals surface area contributed by atoms with E-state index in [9.17, 15) is 9.59 Å². The van der Waals surface area contributed by atoms with Gasteiger partial charge in [-0.15, -0.1) is 0 Å². The molecule has 2 heterocycles. The van der Waals surface area contributed by atoms with Crippen molar-refractivity contribution in [3.63, 3.8) is 0 Å². The standard InChI is InChI=1S/C21H25ClN4O3S/c1-30-13-8-18(24-20(27)16-4-2-3-5-17(16)22)21(28)25-19-7-6-15(14-23-19)26-9-11-29-12-10-26/h2-7,14,18H,8-13H2,1H3,(H,24,27)(H,23,25,28). The van der Waals surface area contributed by atoms with Crippen LogP contribution in [-0.4, -0.2) is 61.2 Å². The minimum atomic E-state index is -0.693. The normalized spacial score (nSPS) is 14.8. The SMILES string of the molecule is CSCCC(NC(=O)c1ccccc1Cl)C(=O)Nc1ccc(N2CCOCC2)cn1. The summed E-state index contributed by atoms with van der Waals surface area (Å²) in [5.41, 5.74) is 1.33. The number of amides is 2. The average molecular weight is 449 g/mol. The number of anilines is 2. The van der Waals surface area contributed by atoms with E-state index < -0.39 is 6.04 Å². The largest absolute Gasteiger partial charge is 0.378 e. The van der Waals surface area contributed by atoms with Crippen LogP contribution in [-0.2, 0) is 9.53 Å². The van der Waals surface area contributed by atoms with Crippen LogP contribution in [0.25, 0.3) is 0 Å². The molecule has 1 aromatic carbocycles. The first-order chi connectivity index (χ1) is 14.6. The highest BCUT2D eigenvalue weighted by molar-refractivity contribution is 7.98. The van der Waals surface area contributed by atoms with Gasteiger partial charge in [-0.05, 0) is 42.7 Å². The van der Waals surface area contributed by atoms with Crippen molar-refractivity contribution in [3.8, 4) is 0 Å². The number of benzene rings is 1. The summed E-state index contributed by atoms with van der Waals surface area (Å²) < 4.78 is 5.36. The fourth-order valence-corrected chi connectivity index (χ4v) is 3.76. The van der Waals surface area contributed by atoms with Gasteiger partial charge in [0.05, 0.1) is 35.7 Å². The Morgan fingerprint density at radius 1 is 1.23 bits per heavy atom. The Balaban J connectivity index is 1.64. The minimum Gasteiger partial charge on any atom is -0.378 e. The number of nitrogens with one attached hydrogen (secondary N) is 2. The maximum atomic E-state index is 12.8. The summed E-state index contributed by atoms with van der Waals surface area (Å²) >= 11 is 7.72. The predicted molar refractivity (Wildman–Crippen MR) is 122 cm³/mol. The molecule has 30 heavy (non-hydrogen) atoms. The number of hydrogen-bond acceptors (Lipinski definition) is 6. The van der Waals surface area contributed by atoms with Crippen molar-refractivity contribution in [2.75, 3.05) is 48.5 Å². The number of thioether (sulfide) groups is 1. The molecule has 0 saturated carbocycles. The Morgan fingerprint density at radius 3 is 2.67 bits per heavy atom. The molecule has 1 atom stereocenters. The fraction of sp³-hybridized carbons (Fsp3) is 0.381. The zero-order valence-electron chi connectivity index (χ0n) is 16.8. The Morgan fingerprint density at radius 2 is 2.00 bits per heavy atom. The minimum absolute atomic E-state index is 0.309. The molecule has 160 valence electrons. The van der Waals surface area contributed by atoms with E-state index >= 15 is 0 Å². The number of aromatic nitrogens is 1. The first-order valence-corrected chi connectivity index (χ1v) is 11.5. The van der Waals surface area contributed by atoms with Gasteiger partial charge in [-0.1, -0.05) is 23.7 Å². The summed E-state index contributed by atoms with van der Waals surface area (Å²) in [6.07, 6.45) is 4.19. The second-order valence-electron chi connectivity index (χ2n) is 6.78. The predicted octanol–water partition coefficient (Wildman–Crippen LogP) is 3.06. The molecule has 0 bridgehead atoms. The van der Waals surface area contributed by atoms with Crippen LogP contribution in [0.15, 0.2) is 42.6 Å². The highest BCUT2D eigenvalue weighted by atomic mass is 35.5. The first kappa shape index (κ1) is 22.4. The molecule has 2 aromatic rings. The summed E-state index contributed by atoms with van der Waals surface area (Å²) in [6, 6.07) is 9.76. The van der Waals surface area contributed by atoms with Crippen LogP contribution >= 0.6 is 23.4 Å². The number of ether oxygens (including phenoxy) is 1. The molecule has 0 spiro atoms. The van der Waals surface area contributed by atoms with E-state index in [1.54, 1.807) is 48.3 Å². The van der Waals surface area contributed by atoms with E-state index in [2.05, 4.69) is 20.5 Å². The van der Waals surface area contributed by atoms with Crippen LogP contribution in [0.3, 0.4) is 0 Å². The van der Waals surface area contributed by atoms with Gasteiger partial charge >= 0.3 is 0 Å². The summed E-state index contributed by atoms with van der Waals surface area (Å²) in [5.74, 6) is 0.483. The molecule has 1 fully saturated rings. The zero-order valence-corrected chi connectivity index (χ0v) is 18.3. The highest BCUT2D eigenvalue weighted by Crippen LogP contribution is 2.18. The molecule has 1 aliphatic heterocycles. The number of nitrogens with zero attached hydrogens (tertiary/aromatic N) is 2. The van der Waals surface area contributed by atoms with Crippen molar-refractivity contribution in [2.45, 2.75) is 12.5 Å². The lowest BCUT2D eigenvalue weighted by molar-refractivity contribution is -0.118. The van der Waals surface area contributed by atoms with Crippen LogP contribution in [0.2, 0.25) is 5.02 Å². The number of carbonyl (C=O) groups excluding carboxylic acids is 2. The first-order valence-electron chi connectivity index (χ1n) is 9.72. The average Bonchev–Trinajstić information content (AvgIpc) is 2.78. The number of hydrogen-bond donors (Lipinski definition) is 2. The number of halogens is 1. The van der Waals surface area contributed by atoms with E-state index in [1.807, 2.05) is 12.3 Å². The lowest BCUT2D eigenvalue weighted by Crippen LogP contribution is -2.44. The Hall–Kier alpha value is -2.29. The van der Waals surface area contributed by atoms with Gasteiger partial charge in [0.1, 0.15) is 11.9 Å². The van der Waals surface area contributed by atoms with Crippen LogP contribution in [0.1, 0.15) is 16.8 Å². The maximum absolute atomic E-state index is 12.8. The molecule has 2 N–H and O–H groups in total. The van der Waals surface area contributed by atoms with E-state index in [4.69, 9.17) is 16.3 Å². The molecular weight excluding hydrogens is 424 g/mol. The molecule has 1 unspecified atom stereocenters. The summed E-state index contributed by atoms with van der Waals surface area (Å²) in [4.78, 5) is 32.0. The Labute approximate surface area is 185 Å². The van der Waals surface area contributed by atoms with Gasteiger partial charge in [0.25, 0.3) is 5.91 Å². The summed E-state index contributed by atoms with van der Waals surface area (Å²) in [5, 5.41) is 5.94. The molecule has 3 rings (SSSR count). The van der Waals surface area contributed by atoms with Crippen LogP contribution in [0, 0.1) is 0 Å². The third-order valence-electron chi connectivity index (χ3n) is 4.73. The van der Waals surface area contributed by atoms with Crippen molar-refractivity contribution < 1.29 is 14.3 Å². The van der Waals surface area contributed by atoms with Gasteiger partial charge in [0, 0.05) is 13.1 Å². The Kier molecular flexibility index (Phi) is 8.36. The topological polar surface area (TPSA) is 83.6 Å². The Bertz CT molecular complexity index is 860. The lowest BCUT2D eigenvalue weighted by atomic mass is 10.1. The van der Waals surface area contributed by atoms with Crippen molar-refractivity contribution in [2.24, 2.45) is 0 Å². The third kappa shape index (κ3) is 6.10. The van der Waals surface area contributed by atoms with Gasteiger partial charge in [-0.3, -0.25) is 9.59 Å². The molecule has 9 heteroatoms. The molecule has 0 aliphatic carbocycles. The molecule has 7 nitrogen and oxygen atoms in total. The van der Waals surface area contributed by atoms with Crippen LogP contribution in [0.4, 0.5) is 11.5 Å². The van der Waals surface area contributed by atoms with E-state index in [-0.39, 0.29) is 11.8 Å². The monoisotopic (exact) mass is 448 g/mol. The third-order valence-corrected chi connectivity index (χ3v) is 5.70. The second kappa shape index (κ2) is 11.2. The summed E-state index contributed by atoms with van der Waals surface area (Å²) in [7, 11) is 0. The van der Waals surface area contributed by atoms with E-state index in [1.165, 1.54) is 0 Å². The highest BCUT2D eigenvalue weighted by Gasteiger charge is 2.22. The number of carbonyl (C=O) groups is 2. The molecule has 1 aliphatic rings. The maximum Gasteiger partial charge on any atom is 0.253 e. The molecule has 1 aromatic heterocycles. The van der Waals surface area contributed by atoms with Crippen molar-refractivity contribution >= 4 is 46.7 Å². The lowest BCUT2D eigenvalue weighted by Gasteiger charge is -2.28. The molecule has 0 radical (unpaired) electrons. The van der Waals surface area contributed by atoms with E-state index in [0.29, 0.717) is 36.0 Å². The fourth-order valence-electron chi connectivity index (χ4n) is 3.07. The van der Waals surface area contributed by atoms with Crippen molar-refractivity contribution in [1.29, 1.82) is 0 Å². The quantitative estimate of drug-likeness (QED) is 0.645. The smallest absolute Gasteiger partial charge is 0.253 e. The molecule has 2 amide bonds. The van der Waals surface area contributed by atoms with Crippen molar-refractivity contribution in [3.05, 3.63) is 53.2 Å². The van der Waals surface area contributed by atoms with Crippen LogP contribution < -0.4 is 15.5 Å². The van der Waals surface area contributed by atoms with Crippen LogP contribution in [0.5, 0.6) is 0 Å². The molecule has 1 saturated heterocycles. The van der Waals surface area contributed by atoms with Gasteiger partial charge in [0.15, 0.2) is 0 Å². The van der Waals surface area contributed by atoms with Gasteiger partial charge in [0.2, 0.25) is 5.91 Å². The molecular formula is C21H25ClN4O3S. The van der Waals surface area contributed by atoms with Gasteiger partial charge in [-0.25, -0.2) is 4.98 Å². The van der Waals surface area contributed by atoms with Gasteiger partial charge in [-0.2, -0.15) is 11.8 Å². The second-order valence-corrected chi connectivity index (χ2v) is 8.17. The number of rotatable bonds is 8. The zero-order chi connectivity index (χ0) is 21.3. The van der Waals surface area contributed by atoms with Crippen molar-refractivity contribution in [1.82, 2.24) is 10.3 Å². The number of morpholine rings is 1. The summed E-state index contributed by atoms with van der Waals surface area (Å²) in [6.45, 7) is 3.03.